The van der Waals surface area contributed by atoms with Gasteiger partial charge in [0, 0.05) is 47.8 Å². The highest BCUT2D eigenvalue weighted by Crippen LogP contribution is 2.41. The molecule has 0 saturated carbocycles. The van der Waals surface area contributed by atoms with E-state index in [-0.39, 0.29) is 12.0 Å². The summed E-state index contributed by atoms with van der Waals surface area (Å²) in [6, 6.07) is 8.09. The van der Waals surface area contributed by atoms with Crippen LogP contribution in [-0.2, 0) is 19.4 Å². The van der Waals surface area contributed by atoms with E-state index in [2.05, 4.69) is 27.0 Å². The van der Waals surface area contributed by atoms with E-state index in [1.54, 1.807) is 13.2 Å². The normalized spacial score (nSPS) is 20.2. The number of halogens is 1. The molecule has 0 unspecified atom stereocenters. The van der Waals surface area contributed by atoms with Crippen molar-refractivity contribution in [3.05, 3.63) is 52.7 Å². The average molecular weight is 311 g/mol. The molecule has 1 atom stereocenters. The Bertz CT molecular complexity index is 911. The van der Waals surface area contributed by atoms with Crippen molar-refractivity contribution < 1.29 is 9.13 Å². The first-order chi connectivity index (χ1) is 11.2. The number of aromatic amines is 2. The molecule has 0 bridgehead atoms. The molecule has 4 heterocycles. The van der Waals surface area contributed by atoms with Crippen LogP contribution in [0.15, 0.2) is 24.3 Å². The topological polar surface area (TPSA) is 44.1 Å². The van der Waals surface area contributed by atoms with Gasteiger partial charge in [-0.3, -0.25) is 4.90 Å². The summed E-state index contributed by atoms with van der Waals surface area (Å²) in [4.78, 5) is 8.88. The zero-order valence-electron chi connectivity index (χ0n) is 12.9. The van der Waals surface area contributed by atoms with E-state index in [0.29, 0.717) is 0 Å². The zero-order valence-corrected chi connectivity index (χ0v) is 12.9. The molecule has 0 fully saturated rings. The average Bonchev–Trinajstić information content (AvgIpc) is 3.11. The largest absolute Gasteiger partial charge is 0.497 e. The summed E-state index contributed by atoms with van der Waals surface area (Å²) < 4.78 is 19.0. The molecule has 0 radical (unpaired) electrons. The SMILES string of the molecule is COc1ccc2[nH]c3c(c2c1)C[C@H]1c2cc(F)[nH]c2CCN1C3. The van der Waals surface area contributed by atoms with Gasteiger partial charge in [0.25, 0.3) is 0 Å². The van der Waals surface area contributed by atoms with Gasteiger partial charge in [0.15, 0.2) is 5.95 Å². The van der Waals surface area contributed by atoms with Gasteiger partial charge >= 0.3 is 0 Å². The highest BCUT2D eigenvalue weighted by Gasteiger charge is 2.34. The molecule has 2 aliphatic heterocycles. The van der Waals surface area contributed by atoms with Crippen molar-refractivity contribution in [1.82, 2.24) is 14.9 Å². The Morgan fingerprint density at radius 2 is 2.13 bits per heavy atom. The van der Waals surface area contributed by atoms with Crippen LogP contribution in [0.4, 0.5) is 4.39 Å². The highest BCUT2D eigenvalue weighted by atomic mass is 19.1. The second-order valence-electron chi connectivity index (χ2n) is 6.49. The second kappa shape index (κ2) is 4.61. The molecule has 2 aromatic heterocycles. The third-order valence-electron chi connectivity index (χ3n) is 5.31. The molecule has 2 N–H and O–H groups in total. The number of nitrogens with zero attached hydrogens (tertiary/aromatic N) is 1. The summed E-state index contributed by atoms with van der Waals surface area (Å²) in [6.07, 6.45) is 1.80. The maximum absolute atomic E-state index is 13.6. The fourth-order valence-corrected chi connectivity index (χ4v) is 4.19. The predicted octanol–water partition coefficient (Wildman–Crippen LogP) is 3.30. The number of hydrogen-bond donors (Lipinski definition) is 2. The maximum atomic E-state index is 13.6. The van der Waals surface area contributed by atoms with Crippen molar-refractivity contribution in [1.29, 1.82) is 0 Å². The number of fused-ring (bicyclic) bond motifs is 6. The van der Waals surface area contributed by atoms with Gasteiger partial charge in [-0.2, -0.15) is 4.39 Å². The van der Waals surface area contributed by atoms with E-state index in [0.717, 1.165) is 48.5 Å². The van der Waals surface area contributed by atoms with Crippen molar-refractivity contribution >= 4 is 10.9 Å². The van der Waals surface area contributed by atoms with Gasteiger partial charge in [-0.05, 0) is 41.8 Å². The fourth-order valence-electron chi connectivity index (χ4n) is 4.19. The standard InChI is InChI=1S/C18H18FN3O/c1-23-10-2-3-14-11(6-10)12-7-17-13-8-18(19)21-15(13)4-5-22(17)9-16(12)20-14/h2-3,6,8,17,20-21H,4-5,7,9H2,1H3/t17-/m0/s1. The Hall–Kier alpha value is -2.27. The van der Waals surface area contributed by atoms with Crippen LogP contribution in [-0.4, -0.2) is 28.5 Å². The number of benzene rings is 1. The van der Waals surface area contributed by atoms with Crippen LogP contribution in [0.25, 0.3) is 10.9 Å². The quantitative estimate of drug-likeness (QED) is 0.724. The number of methoxy groups -OCH3 is 1. The van der Waals surface area contributed by atoms with Crippen LogP contribution in [0.2, 0.25) is 0 Å². The summed E-state index contributed by atoms with van der Waals surface area (Å²) in [5, 5.41) is 1.22. The predicted molar refractivity (Wildman–Crippen MR) is 86.2 cm³/mol. The number of nitrogens with one attached hydrogen (secondary N) is 2. The molecule has 0 aliphatic carbocycles. The summed E-state index contributed by atoms with van der Waals surface area (Å²) in [7, 11) is 1.69. The van der Waals surface area contributed by atoms with Crippen molar-refractivity contribution in [2.75, 3.05) is 13.7 Å². The lowest BCUT2D eigenvalue weighted by molar-refractivity contribution is 0.159. The molecule has 3 aromatic rings. The van der Waals surface area contributed by atoms with Gasteiger partial charge in [0.2, 0.25) is 0 Å². The Kier molecular flexibility index (Phi) is 2.65. The van der Waals surface area contributed by atoms with Crippen LogP contribution in [0.1, 0.15) is 28.6 Å². The van der Waals surface area contributed by atoms with Gasteiger partial charge in [0.1, 0.15) is 5.75 Å². The Labute approximate surface area is 133 Å². The van der Waals surface area contributed by atoms with Gasteiger partial charge in [-0.1, -0.05) is 0 Å². The minimum atomic E-state index is -0.219. The van der Waals surface area contributed by atoms with Crippen LogP contribution < -0.4 is 4.74 Å². The highest BCUT2D eigenvalue weighted by molar-refractivity contribution is 5.86. The summed E-state index contributed by atoms with van der Waals surface area (Å²) in [5.41, 5.74) is 5.95. The number of H-pyrrole nitrogens is 2. The van der Waals surface area contributed by atoms with Gasteiger partial charge in [0.05, 0.1) is 7.11 Å². The van der Waals surface area contributed by atoms with Crippen molar-refractivity contribution in [3.63, 3.8) is 0 Å². The molecule has 0 amide bonds. The lowest BCUT2D eigenvalue weighted by atomic mass is 9.88. The molecule has 5 heteroatoms. The Morgan fingerprint density at radius 3 is 3.00 bits per heavy atom. The van der Waals surface area contributed by atoms with E-state index in [9.17, 15) is 4.39 Å². The summed E-state index contributed by atoms with van der Waals surface area (Å²) >= 11 is 0. The Morgan fingerprint density at radius 1 is 1.22 bits per heavy atom. The zero-order chi connectivity index (χ0) is 15.6. The molecule has 5 rings (SSSR count). The third-order valence-corrected chi connectivity index (χ3v) is 5.31. The minimum Gasteiger partial charge on any atom is -0.497 e. The van der Waals surface area contributed by atoms with Crippen LogP contribution in [0.3, 0.4) is 0 Å². The van der Waals surface area contributed by atoms with Gasteiger partial charge < -0.3 is 14.7 Å². The van der Waals surface area contributed by atoms with Crippen molar-refractivity contribution in [2.24, 2.45) is 0 Å². The van der Waals surface area contributed by atoms with Crippen molar-refractivity contribution in [3.8, 4) is 5.75 Å². The Balaban J connectivity index is 1.64. The summed E-state index contributed by atoms with van der Waals surface area (Å²) in [5.74, 6) is 0.655. The summed E-state index contributed by atoms with van der Waals surface area (Å²) in [6.45, 7) is 1.86. The number of rotatable bonds is 1. The van der Waals surface area contributed by atoms with Crippen molar-refractivity contribution in [2.45, 2.75) is 25.4 Å². The van der Waals surface area contributed by atoms with Crippen LogP contribution in [0.5, 0.6) is 5.75 Å². The molecule has 0 saturated heterocycles. The maximum Gasteiger partial charge on any atom is 0.191 e. The smallest absolute Gasteiger partial charge is 0.191 e. The van der Waals surface area contributed by atoms with Gasteiger partial charge in [-0.15, -0.1) is 0 Å². The van der Waals surface area contributed by atoms with Crippen LogP contribution >= 0.6 is 0 Å². The molecule has 2 aliphatic rings. The molecule has 23 heavy (non-hydrogen) atoms. The molecule has 1 aromatic carbocycles. The van der Waals surface area contributed by atoms with E-state index in [1.807, 2.05) is 6.07 Å². The first-order valence-electron chi connectivity index (χ1n) is 8.01. The first kappa shape index (κ1) is 13.2. The van der Waals surface area contributed by atoms with E-state index >= 15 is 0 Å². The molecular weight excluding hydrogens is 293 g/mol. The van der Waals surface area contributed by atoms with Gasteiger partial charge in [-0.25, -0.2) is 0 Å². The molecule has 4 nitrogen and oxygen atoms in total. The minimum absolute atomic E-state index is 0.219. The third kappa shape index (κ3) is 1.86. The van der Waals surface area contributed by atoms with E-state index in [1.165, 1.54) is 16.6 Å². The lowest BCUT2D eigenvalue weighted by Crippen LogP contribution is -2.38. The fraction of sp³-hybridized carbons (Fsp3) is 0.333. The molecule has 0 spiro atoms. The lowest BCUT2D eigenvalue weighted by Gasteiger charge is -2.39. The van der Waals surface area contributed by atoms with E-state index < -0.39 is 0 Å². The second-order valence-corrected chi connectivity index (χ2v) is 6.49. The number of ether oxygens (including phenoxy) is 1. The number of aromatic nitrogens is 2. The number of hydrogen-bond acceptors (Lipinski definition) is 2. The van der Waals surface area contributed by atoms with Crippen LogP contribution in [0, 0.1) is 5.95 Å². The molecular formula is C18H18FN3O. The molecule has 118 valence electrons. The first-order valence-corrected chi connectivity index (χ1v) is 8.01. The van der Waals surface area contributed by atoms with E-state index in [4.69, 9.17) is 4.74 Å². The monoisotopic (exact) mass is 311 g/mol.